The summed E-state index contributed by atoms with van der Waals surface area (Å²) in [5.74, 6) is 4.27. The summed E-state index contributed by atoms with van der Waals surface area (Å²) in [7, 11) is -4.27. The summed E-state index contributed by atoms with van der Waals surface area (Å²) in [5, 5.41) is 13.3. The van der Waals surface area contributed by atoms with Crippen molar-refractivity contribution in [2.24, 2.45) is 5.73 Å². The zero-order valence-corrected chi connectivity index (χ0v) is 27.7. The van der Waals surface area contributed by atoms with Gasteiger partial charge >= 0.3 is 16.9 Å². The van der Waals surface area contributed by atoms with Crippen molar-refractivity contribution in [3.8, 4) is 0 Å². The molecule has 0 aliphatic carbocycles. The molecule has 35 heavy (non-hydrogen) atoms. The van der Waals surface area contributed by atoms with Crippen LogP contribution in [0.3, 0.4) is 0 Å². The molecule has 0 spiro atoms. The summed E-state index contributed by atoms with van der Waals surface area (Å²) < 4.78 is 29.7. The molecule has 1 aliphatic rings. The molecular weight excluding hydrogens is 644 g/mol. The molecule has 13 nitrogen and oxygen atoms in total. The van der Waals surface area contributed by atoms with Gasteiger partial charge in [-0.1, -0.05) is 39.2 Å². The Balaban J connectivity index is -0.0000000792. The molecule has 0 aromatic carbocycles. The second-order valence-corrected chi connectivity index (χ2v) is 9.35. The van der Waals surface area contributed by atoms with E-state index in [9.17, 15) is 4.57 Å². The van der Waals surface area contributed by atoms with Crippen molar-refractivity contribution in [1.29, 1.82) is 0 Å². The van der Waals surface area contributed by atoms with Gasteiger partial charge in [-0.05, 0) is 23.2 Å². The predicted molar refractivity (Wildman–Crippen MR) is 145 cm³/mol. The fraction of sp³-hybridized carbons (Fsp3) is 0.875. The van der Waals surface area contributed by atoms with Crippen molar-refractivity contribution < 1.29 is 86.4 Å². The first-order chi connectivity index (χ1) is 16.0. The van der Waals surface area contributed by atoms with Crippen LogP contribution in [0.15, 0.2) is 12.7 Å². The van der Waals surface area contributed by atoms with Gasteiger partial charge in [0.1, 0.15) is 5.04 Å². The molecule has 1 rings (SSSR count). The van der Waals surface area contributed by atoms with E-state index >= 15 is 0 Å². The van der Waals surface area contributed by atoms with E-state index in [4.69, 9.17) is 11.0 Å². The molecule has 0 amide bonds. The third-order valence-electron chi connectivity index (χ3n) is 2.48. The molecule has 1 atom stereocenters. The molecule has 0 aromatic rings. The van der Waals surface area contributed by atoms with Gasteiger partial charge in [0.05, 0.1) is 36.5 Å². The number of allylic oxidation sites excluding steroid dienone is 1. The van der Waals surface area contributed by atoms with Gasteiger partial charge in [0.15, 0.2) is 0 Å². The van der Waals surface area contributed by atoms with E-state index < -0.39 is 16.9 Å². The maximum Gasteiger partial charge on any atom is 0.711 e. The van der Waals surface area contributed by atoms with Crippen molar-refractivity contribution >= 4 is 53.9 Å². The zero-order valence-electron chi connectivity index (χ0n) is 20.8. The summed E-state index contributed by atoms with van der Waals surface area (Å²) in [6.45, 7) is 10.6. The molecule has 1 unspecified atom stereocenters. The molecular formula is C16H48N3O10P2S3Zr+5. The Labute approximate surface area is 246 Å². The monoisotopic (exact) mass is 690 g/mol. The summed E-state index contributed by atoms with van der Waals surface area (Å²) in [6, 6.07) is 0. The van der Waals surface area contributed by atoms with E-state index in [2.05, 4.69) is 90.6 Å². The van der Waals surface area contributed by atoms with Crippen LogP contribution in [0.2, 0.25) is 0 Å². The number of thioether (sulfide) groups is 1. The van der Waals surface area contributed by atoms with Crippen LogP contribution in [-0.4, -0.2) is 53.4 Å². The molecule has 0 saturated carbocycles. The number of nitrogens with two attached hydrogens (primary N) is 1. The first kappa shape index (κ1) is 49.6. The van der Waals surface area contributed by atoms with Crippen molar-refractivity contribution in [2.75, 3.05) is 42.6 Å². The maximum absolute atomic E-state index is 9.62. The van der Waals surface area contributed by atoms with Gasteiger partial charge in [-0.25, -0.2) is 5.26 Å². The molecule has 1 saturated heterocycles. The van der Waals surface area contributed by atoms with Gasteiger partial charge in [-0.2, -0.15) is 37.0 Å². The van der Waals surface area contributed by atoms with Crippen LogP contribution in [0.1, 0.15) is 46.0 Å². The molecule has 0 bridgehead atoms. The van der Waals surface area contributed by atoms with Crippen LogP contribution in [0.5, 0.6) is 0 Å². The number of hydrogen-bond acceptors (Lipinski definition) is 12. The van der Waals surface area contributed by atoms with Crippen molar-refractivity contribution in [1.82, 2.24) is 0 Å². The Morgan fingerprint density at radius 3 is 1.97 bits per heavy atom. The smallest absolute Gasteiger partial charge is 0.412 e. The summed E-state index contributed by atoms with van der Waals surface area (Å²) in [4.78, 5) is 0. The number of rotatable bonds is 16. The minimum Gasteiger partial charge on any atom is -0.412 e. The molecule has 0 aromatic heterocycles. The molecule has 12 N–H and O–H groups in total. The predicted octanol–water partition coefficient (Wildman–Crippen LogP) is 1.36. The molecule has 1 fully saturated rings. The molecule has 0 radical (unpaired) electrons. The van der Waals surface area contributed by atoms with Gasteiger partial charge in [-0.15, -0.1) is 6.58 Å². The number of hydrogen-bond donors (Lipinski definition) is 5. The van der Waals surface area contributed by atoms with Crippen molar-refractivity contribution in [3.05, 3.63) is 12.7 Å². The van der Waals surface area contributed by atoms with Gasteiger partial charge in [0.2, 0.25) is 0 Å². The number of quaternary nitrogens is 2. The minimum atomic E-state index is -3.11. The quantitative estimate of drug-likeness (QED) is 0.0228. The van der Waals surface area contributed by atoms with Crippen LogP contribution < -0.4 is 17.2 Å². The Kier molecular flexibility index (Phi) is 69.2. The zero-order chi connectivity index (χ0) is 26.1. The van der Waals surface area contributed by atoms with Crippen LogP contribution in [-0.2, 0) is 64.2 Å². The Morgan fingerprint density at radius 1 is 1.11 bits per heavy atom. The average Bonchev–Trinajstić information content (AvgIpc) is 3.60. The SMILES string of the molecule is C=CCCC.CCCCCSCC[NH3+].NCCS.O.O=[PH+]OOO[P+]1(OO[OH2+])OO1.[NH3+]CCS.[Zr]. The second kappa shape index (κ2) is 48.8. The third kappa shape index (κ3) is 56.9. The van der Waals surface area contributed by atoms with Crippen molar-refractivity contribution in [2.45, 2.75) is 46.0 Å². The van der Waals surface area contributed by atoms with E-state index in [1.165, 1.54) is 37.2 Å². The topological polar surface area (TPSA) is 224 Å². The summed E-state index contributed by atoms with van der Waals surface area (Å²) in [5.41, 5.74) is 12.3. The average molecular weight is 692 g/mol. The van der Waals surface area contributed by atoms with E-state index in [1.807, 2.05) is 17.8 Å². The van der Waals surface area contributed by atoms with E-state index in [1.54, 1.807) is 0 Å². The van der Waals surface area contributed by atoms with Gasteiger partial charge < -0.3 is 22.7 Å². The van der Waals surface area contributed by atoms with Crippen LogP contribution in [0.4, 0.5) is 0 Å². The van der Waals surface area contributed by atoms with Gasteiger partial charge in [-0.3, -0.25) is 0 Å². The molecule has 214 valence electrons. The van der Waals surface area contributed by atoms with E-state index in [0.29, 0.717) is 6.54 Å². The fourth-order valence-electron chi connectivity index (χ4n) is 1.06. The van der Waals surface area contributed by atoms with Gasteiger partial charge in [0, 0.05) is 55.0 Å². The normalized spacial score (nSPS) is 11.8. The fourth-order valence-corrected chi connectivity index (χ4v) is 2.54. The molecule has 1 heterocycles. The second-order valence-electron chi connectivity index (χ2n) is 5.40. The Hall–Kier alpha value is 1.72. The van der Waals surface area contributed by atoms with E-state index in [-0.39, 0.29) is 31.7 Å². The van der Waals surface area contributed by atoms with Crippen molar-refractivity contribution in [3.63, 3.8) is 0 Å². The summed E-state index contributed by atoms with van der Waals surface area (Å²) >= 11 is 9.68. The minimum absolute atomic E-state index is 0. The third-order valence-corrected chi connectivity index (χ3v) is 5.23. The van der Waals surface area contributed by atoms with E-state index in [0.717, 1.165) is 31.0 Å². The molecule has 1 aliphatic heterocycles. The number of thiol groups is 2. The molecule has 19 heteroatoms. The number of unbranched alkanes of at least 4 members (excludes halogenated alkanes) is 3. The first-order valence-corrected chi connectivity index (χ1v) is 15.1. The van der Waals surface area contributed by atoms with Crippen LogP contribution in [0, 0.1) is 0 Å². The Bertz CT molecular complexity index is 367. The Morgan fingerprint density at radius 2 is 1.69 bits per heavy atom. The first-order valence-electron chi connectivity index (χ1n) is 10.4. The largest absolute Gasteiger partial charge is 0.711 e. The van der Waals surface area contributed by atoms with Crippen LogP contribution in [0.25, 0.3) is 0 Å². The summed E-state index contributed by atoms with van der Waals surface area (Å²) in [6.07, 6.45) is 8.43. The standard InChI is InChI=1S/C7H17NS.C5H10.2C2H7NS.HO9P2.H2O.Zr/c1-2-3-4-6-9-7-5-8;1-3-5-4-2;2*3-1-2-4;1-3-6-11(8-9-11)7-4-5-10-2;;/h2-8H2,1H3;3H,1,4-5H2,2H3;2*4H,1-3H2;10H;1H2;/q;;;;+1;;/p+4. The van der Waals surface area contributed by atoms with Crippen LogP contribution >= 0.6 is 53.9 Å². The maximum atomic E-state index is 9.62. The van der Waals surface area contributed by atoms with Gasteiger partial charge in [0.25, 0.3) is 0 Å².